The second kappa shape index (κ2) is 3.49. The second-order valence-corrected chi connectivity index (χ2v) is 3.84. The zero-order valence-corrected chi connectivity index (χ0v) is 8.76. The summed E-state index contributed by atoms with van der Waals surface area (Å²) in [7, 11) is 0. The molecule has 2 heteroatoms. The largest absolute Gasteiger partial charge is 0.319 e. The maximum atomic E-state index is 11.2. The number of fused-ring (bicyclic) bond motifs is 3. The molecule has 0 saturated carbocycles. The molecule has 0 fully saturated rings. The van der Waals surface area contributed by atoms with E-state index in [1.165, 1.54) is 0 Å². The van der Waals surface area contributed by atoms with Gasteiger partial charge in [-0.05, 0) is 12.1 Å². The first-order chi connectivity index (χ1) is 7.92. The van der Waals surface area contributed by atoms with Crippen molar-refractivity contribution in [1.82, 2.24) is 4.57 Å². The van der Waals surface area contributed by atoms with Crippen LogP contribution in [0.1, 0.15) is 16.1 Å². The third kappa shape index (κ3) is 1.16. The monoisotopic (exact) mass is 209 g/mol. The Labute approximate surface area is 93.5 Å². The molecule has 0 atom stereocenters. The van der Waals surface area contributed by atoms with Gasteiger partial charge in [0.25, 0.3) is 0 Å². The zero-order chi connectivity index (χ0) is 11.0. The Morgan fingerprint density at radius 2 is 2.06 bits per heavy atom. The molecular formula is C14H11NO. The van der Waals surface area contributed by atoms with E-state index in [1.807, 2.05) is 42.6 Å². The lowest BCUT2D eigenvalue weighted by Crippen LogP contribution is -1.94. The summed E-state index contributed by atoms with van der Waals surface area (Å²) in [5, 5.41) is 1.03. The van der Waals surface area contributed by atoms with Crippen LogP contribution in [0, 0.1) is 0 Å². The maximum absolute atomic E-state index is 11.2. The van der Waals surface area contributed by atoms with Crippen LogP contribution in [0.3, 0.4) is 0 Å². The van der Waals surface area contributed by atoms with Gasteiger partial charge in [0.1, 0.15) is 0 Å². The molecule has 1 aromatic carbocycles. The van der Waals surface area contributed by atoms with Crippen LogP contribution in [-0.4, -0.2) is 10.9 Å². The Hall–Kier alpha value is -2.09. The van der Waals surface area contributed by atoms with Gasteiger partial charge in [0.15, 0.2) is 6.29 Å². The Morgan fingerprint density at radius 3 is 2.94 bits per heavy atom. The smallest absolute Gasteiger partial charge is 0.152 e. The fourth-order valence-electron chi connectivity index (χ4n) is 2.25. The van der Waals surface area contributed by atoms with Crippen LogP contribution in [0.2, 0.25) is 0 Å². The van der Waals surface area contributed by atoms with E-state index in [0.29, 0.717) is 0 Å². The summed E-state index contributed by atoms with van der Waals surface area (Å²) in [4.78, 5) is 11.2. The minimum Gasteiger partial charge on any atom is -0.319 e. The first-order valence-electron chi connectivity index (χ1n) is 5.32. The number of benzene rings is 1. The summed E-state index contributed by atoms with van der Waals surface area (Å²) >= 11 is 0. The molecule has 16 heavy (non-hydrogen) atoms. The van der Waals surface area contributed by atoms with Crippen LogP contribution >= 0.6 is 0 Å². The first kappa shape index (κ1) is 9.16. The molecule has 1 aliphatic heterocycles. The lowest BCUT2D eigenvalue weighted by Gasteiger charge is -2.01. The SMILES string of the molecule is O=Cc1c2n(c3ccccc13)C=CC=CC2. The van der Waals surface area contributed by atoms with Gasteiger partial charge < -0.3 is 4.57 Å². The van der Waals surface area contributed by atoms with Crippen molar-refractivity contribution in [3.63, 3.8) is 0 Å². The molecule has 2 nitrogen and oxygen atoms in total. The Kier molecular flexibility index (Phi) is 2.00. The lowest BCUT2D eigenvalue weighted by atomic mass is 10.1. The maximum Gasteiger partial charge on any atom is 0.152 e. The molecule has 1 aliphatic rings. The molecule has 0 amide bonds. The van der Waals surface area contributed by atoms with Crippen molar-refractivity contribution in [2.75, 3.05) is 0 Å². The molecule has 0 spiro atoms. The third-order valence-electron chi connectivity index (χ3n) is 2.97. The van der Waals surface area contributed by atoms with E-state index >= 15 is 0 Å². The second-order valence-electron chi connectivity index (χ2n) is 3.84. The molecule has 0 radical (unpaired) electrons. The molecular weight excluding hydrogens is 198 g/mol. The Balaban J connectivity index is 2.45. The van der Waals surface area contributed by atoms with Gasteiger partial charge in [-0.15, -0.1) is 0 Å². The topological polar surface area (TPSA) is 22.0 Å². The van der Waals surface area contributed by atoms with Gasteiger partial charge in [-0.3, -0.25) is 4.79 Å². The third-order valence-corrected chi connectivity index (χ3v) is 2.97. The molecule has 1 aromatic heterocycles. The summed E-state index contributed by atoms with van der Waals surface area (Å²) in [6, 6.07) is 8.00. The minimum absolute atomic E-state index is 0.801. The fourth-order valence-corrected chi connectivity index (χ4v) is 2.25. The van der Waals surface area contributed by atoms with Crippen molar-refractivity contribution in [3.8, 4) is 0 Å². The first-order valence-corrected chi connectivity index (χ1v) is 5.32. The summed E-state index contributed by atoms with van der Waals surface area (Å²) in [6.07, 6.45) is 9.85. The highest BCUT2D eigenvalue weighted by Gasteiger charge is 2.14. The van der Waals surface area contributed by atoms with Gasteiger partial charge in [-0.25, -0.2) is 0 Å². The Morgan fingerprint density at radius 1 is 1.19 bits per heavy atom. The molecule has 3 rings (SSSR count). The minimum atomic E-state index is 0.801. The van der Waals surface area contributed by atoms with Crippen molar-refractivity contribution < 1.29 is 4.79 Å². The zero-order valence-electron chi connectivity index (χ0n) is 8.76. The van der Waals surface area contributed by atoms with Crippen LogP contribution in [0.25, 0.3) is 17.1 Å². The number of hydrogen-bond acceptors (Lipinski definition) is 1. The van der Waals surface area contributed by atoms with Crippen LogP contribution in [0.15, 0.2) is 42.5 Å². The molecule has 78 valence electrons. The van der Waals surface area contributed by atoms with E-state index in [9.17, 15) is 4.79 Å². The van der Waals surface area contributed by atoms with Gasteiger partial charge in [-0.1, -0.05) is 30.4 Å². The quantitative estimate of drug-likeness (QED) is 0.662. The number of allylic oxidation sites excluding steroid dienone is 3. The number of para-hydroxylation sites is 1. The van der Waals surface area contributed by atoms with E-state index in [0.717, 1.165) is 34.9 Å². The van der Waals surface area contributed by atoms with Crippen LogP contribution in [-0.2, 0) is 6.42 Å². The van der Waals surface area contributed by atoms with Crippen molar-refractivity contribution in [3.05, 3.63) is 53.8 Å². The van der Waals surface area contributed by atoms with Gasteiger partial charge in [-0.2, -0.15) is 0 Å². The number of carbonyl (C=O) groups is 1. The van der Waals surface area contributed by atoms with Gasteiger partial charge in [0.2, 0.25) is 0 Å². The van der Waals surface area contributed by atoms with Gasteiger partial charge >= 0.3 is 0 Å². The molecule has 0 unspecified atom stereocenters. The van der Waals surface area contributed by atoms with E-state index < -0.39 is 0 Å². The van der Waals surface area contributed by atoms with Crippen LogP contribution in [0.5, 0.6) is 0 Å². The van der Waals surface area contributed by atoms with Crippen LogP contribution in [0.4, 0.5) is 0 Å². The normalized spacial score (nSPS) is 13.8. The molecule has 2 heterocycles. The number of aldehydes is 1. The summed E-state index contributed by atoms with van der Waals surface area (Å²) in [5.41, 5.74) is 2.98. The average molecular weight is 209 g/mol. The molecule has 2 aromatic rings. The predicted octanol–water partition coefficient (Wildman–Crippen LogP) is 3.04. The van der Waals surface area contributed by atoms with E-state index in [1.54, 1.807) is 0 Å². The standard InChI is InChI=1S/C14H11NO/c16-10-12-11-6-3-4-8-13(11)15-9-5-1-2-7-14(12)15/h1-6,8-10H,7H2. The molecule has 0 N–H and O–H groups in total. The van der Waals surface area contributed by atoms with E-state index in [-0.39, 0.29) is 0 Å². The number of aromatic nitrogens is 1. The number of nitrogens with zero attached hydrogens (tertiary/aromatic N) is 1. The summed E-state index contributed by atoms with van der Waals surface area (Å²) in [5.74, 6) is 0. The van der Waals surface area contributed by atoms with E-state index in [2.05, 4.69) is 10.6 Å². The number of carbonyl (C=O) groups excluding carboxylic acids is 1. The van der Waals surface area contributed by atoms with Gasteiger partial charge in [0.05, 0.1) is 5.52 Å². The van der Waals surface area contributed by atoms with Gasteiger partial charge in [0, 0.05) is 29.3 Å². The average Bonchev–Trinajstić information content (AvgIpc) is 2.49. The highest BCUT2D eigenvalue weighted by atomic mass is 16.1. The molecule has 0 saturated heterocycles. The summed E-state index contributed by atoms with van der Waals surface area (Å²) in [6.45, 7) is 0. The lowest BCUT2D eigenvalue weighted by molar-refractivity contribution is 0.112. The van der Waals surface area contributed by atoms with Crippen molar-refractivity contribution in [2.45, 2.75) is 6.42 Å². The fraction of sp³-hybridized carbons (Fsp3) is 0.0714. The van der Waals surface area contributed by atoms with Crippen molar-refractivity contribution in [2.24, 2.45) is 0 Å². The summed E-state index contributed by atoms with van der Waals surface area (Å²) < 4.78 is 2.10. The molecule has 0 aliphatic carbocycles. The molecule has 0 bridgehead atoms. The van der Waals surface area contributed by atoms with Crippen LogP contribution < -0.4 is 0 Å². The van der Waals surface area contributed by atoms with E-state index in [4.69, 9.17) is 0 Å². The Bertz CT molecular complexity index is 617. The van der Waals surface area contributed by atoms with Crippen molar-refractivity contribution in [1.29, 1.82) is 0 Å². The highest BCUT2D eigenvalue weighted by molar-refractivity contribution is 6.00. The number of rotatable bonds is 1. The highest BCUT2D eigenvalue weighted by Crippen LogP contribution is 2.26. The number of hydrogen-bond donors (Lipinski definition) is 0. The van der Waals surface area contributed by atoms with Crippen molar-refractivity contribution >= 4 is 23.4 Å². The predicted molar refractivity (Wildman–Crippen MR) is 65.5 cm³/mol.